The van der Waals surface area contributed by atoms with Gasteiger partial charge in [-0.1, -0.05) is 6.07 Å². The van der Waals surface area contributed by atoms with Gasteiger partial charge in [0.1, 0.15) is 11.6 Å². The van der Waals surface area contributed by atoms with Crippen molar-refractivity contribution >= 4 is 23.4 Å². The molecule has 8 nitrogen and oxygen atoms in total. The van der Waals surface area contributed by atoms with Gasteiger partial charge in [0.15, 0.2) is 0 Å². The first-order chi connectivity index (χ1) is 18.1. The third-order valence-electron chi connectivity index (χ3n) is 7.58. The van der Waals surface area contributed by atoms with E-state index in [2.05, 4.69) is 27.2 Å². The lowest BCUT2D eigenvalue weighted by Gasteiger charge is -2.29. The summed E-state index contributed by atoms with van der Waals surface area (Å²) >= 11 is 0. The van der Waals surface area contributed by atoms with Gasteiger partial charge in [0.05, 0.1) is 13.2 Å². The maximum atomic E-state index is 12.9. The van der Waals surface area contributed by atoms with Gasteiger partial charge in [-0.3, -0.25) is 0 Å². The highest BCUT2D eigenvalue weighted by Crippen LogP contribution is 2.34. The van der Waals surface area contributed by atoms with E-state index in [0.29, 0.717) is 31.9 Å². The predicted octanol–water partition coefficient (Wildman–Crippen LogP) is 4.24. The number of rotatable bonds is 5. The number of nitrogens with one attached hydrogen (secondary N) is 1. The van der Waals surface area contributed by atoms with E-state index in [0.717, 1.165) is 60.9 Å². The second-order valence-electron chi connectivity index (χ2n) is 10.5. The summed E-state index contributed by atoms with van der Waals surface area (Å²) in [5.41, 5.74) is 9.76. The van der Waals surface area contributed by atoms with Gasteiger partial charge in [-0.15, -0.1) is 0 Å². The number of aromatic nitrogens is 1. The first kappa shape index (κ1) is 26.6. The molecule has 0 spiro atoms. The molecule has 0 aliphatic carbocycles. The topological polar surface area (TPSA) is 87.0 Å². The maximum absolute atomic E-state index is 12.9. The lowest BCUT2D eigenvalue weighted by atomic mass is 10.00. The quantitative estimate of drug-likeness (QED) is 0.599. The summed E-state index contributed by atoms with van der Waals surface area (Å²) in [6.45, 7) is 6.86. The normalized spacial score (nSPS) is 22.3. The minimum absolute atomic E-state index is 0.110. The van der Waals surface area contributed by atoms with Gasteiger partial charge in [-0.05, 0) is 66.6 Å². The molecule has 3 aliphatic heterocycles. The highest BCUT2D eigenvalue weighted by molar-refractivity contribution is 5.91. The number of carbonyl (C=O) groups excluding carboxylic acids is 1. The first-order valence-electron chi connectivity index (χ1n) is 13.2. The molecule has 1 aromatic carbocycles. The Morgan fingerprint density at radius 1 is 1.05 bits per heavy atom. The molecule has 3 N–H and O–H groups in total. The lowest BCUT2D eigenvalue weighted by Crippen LogP contribution is -2.37. The average Bonchev–Trinajstić information content (AvgIpc) is 3.53. The molecule has 2 atom stereocenters. The second-order valence-corrected chi connectivity index (χ2v) is 10.5. The van der Waals surface area contributed by atoms with Crippen LogP contribution in [-0.4, -0.2) is 80.6 Å². The minimum Gasteiger partial charge on any atom is -0.378 e. The number of alkyl halides is 3. The second kappa shape index (κ2) is 11.0. The van der Waals surface area contributed by atoms with Crippen LogP contribution in [0.25, 0.3) is 11.1 Å². The smallest absolute Gasteiger partial charge is 0.378 e. The molecule has 1 aromatic heterocycles. The number of hydrogen-bond acceptors (Lipinski definition) is 6. The van der Waals surface area contributed by atoms with Crippen molar-refractivity contribution in [2.24, 2.45) is 11.7 Å². The predicted molar refractivity (Wildman–Crippen MR) is 142 cm³/mol. The minimum atomic E-state index is -4.22. The molecule has 11 heteroatoms. The van der Waals surface area contributed by atoms with Gasteiger partial charge in [0.2, 0.25) is 0 Å². The van der Waals surface area contributed by atoms with E-state index in [-0.39, 0.29) is 18.6 Å². The molecule has 3 fully saturated rings. The van der Waals surface area contributed by atoms with Crippen LogP contribution < -0.4 is 20.9 Å². The van der Waals surface area contributed by atoms with Crippen molar-refractivity contribution in [3.63, 3.8) is 0 Å². The molecule has 3 aliphatic rings. The average molecular weight is 533 g/mol. The zero-order valence-electron chi connectivity index (χ0n) is 21.6. The number of anilines is 3. The van der Waals surface area contributed by atoms with Crippen LogP contribution in [0.1, 0.15) is 24.8 Å². The Labute approximate surface area is 220 Å². The summed E-state index contributed by atoms with van der Waals surface area (Å²) in [5.74, 6) is 1.20. The summed E-state index contributed by atoms with van der Waals surface area (Å²) in [5, 5.41) is 2.89. The molecule has 3 saturated heterocycles. The third-order valence-corrected chi connectivity index (χ3v) is 7.58. The molecule has 0 radical (unpaired) electrons. The molecule has 0 bridgehead atoms. The number of amides is 2. The number of halogens is 3. The van der Waals surface area contributed by atoms with Crippen LogP contribution in [0.3, 0.4) is 0 Å². The van der Waals surface area contributed by atoms with Gasteiger partial charge in [0, 0.05) is 57.4 Å². The van der Waals surface area contributed by atoms with E-state index in [1.54, 1.807) is 0 Å². The fourth-order valence-electron chi connectivity index (χ4n) is 5.49. The van der Waals surface area contributed by atoms with Crippen molar-refractivity contribution in [1.82, 2.24) is 9.88 Å². The number of benzene rings is 1. The van der Waals surface area contributed by atoms with Gasteiger partial charge in [-0.2, -0.15) is 13.2 Å². The van der Waals surface area contributed by atoms with Crippen LogP contribution in [-0.2, 0) is 4.74 Å². The van der Waals surface area contributed by atoms with Crippen molar-refractivity contribution < 1.29 is 22.7 Å². The number of nitrogens with two attached hydrogens (primary N) is 1. The maximum Gasteiger partial charge on any atom is 0.389 e. The summed E-state index contributed by atoms with van der Waals surface area (Å²) in [6.07, 6.45) is -3.80. The number of morpholine rings is 1. The van der Waals surface area contributed by atoms with Crippen LogP contribution in [0.5, 0.6) is 0 Å². The number of carbonyl (C=O) groups is 1. The molecular weight excluding hydrogens is 497 g/mol. The molecule has 38 heavy (non-hydrogen) atoms. The Balaban J connectivity index is 1.38. The Bertz CT molecular complexity index is 1130. The Hall–Kier alpha value is -3.05. The molecular formula is C27H35F3N6O2. The van der Waals surface area contributed by atoms with Crippen LogP contribution >= 0.6 is 0 Å². The van der Waals surface area contributed by atoms with E-state index in [1.165, 1.54) is 4.90 Å². The summed E-state index contributed by atoms with van der Waals surface area (Å²) in [4.78, 5) is 23.7. The molecule has 0 saturated carbocycles. The standard InChI is InChI=1S/C27H35F3N6O2/c1-18-2-3-22(32-26(37)36-6-4-19(16-36)15-27(28,29)30)14-23(18)20-12-24(34-8-10-38-11-9-34)33-25(13-20)35-7-5-21(31)17-35/h2-3,12-14,19,21H,4-11,15-17,31H2,1H3,(H,32,37)/t19?,21-/m0/s1. The number of urea groups is 1. The van der Waals surface area contributed by atoms with E-state index in [1.807, 2.05) is 25.1 Å². The van der Waals surface area contributed by atoms with E-state index in [9.17, 15) is 18.0 Å². The van der Waals surface area contributed by atoms with Crippen molar-refractivity contribution in [1.29, 1.82) is 0 Å². The molecule has 4 heterocycles. The largest absolute Gasteiger partial charge is 0.389 e. The fraction of sp³-hybridized carbons (Fsp3) is 0.556. The zero-order chi connectivity index (χ0) is 26.9. The number of pyridine rings is 1. The van der Waals surface area contributed by atoms with Crippen molar-refractivity contribution in [3.05, 3.63) is 35.9 Å². The van der Waals surface area contributed by atoms with Gasteiger partial charge in [-0.25, -0.2) is 9.78 Å². The monoisotopic (exact) mass is 532 g/mol. The summed E-state index contributed by atoms with van der Waals surface area (Å²) in [7, 11) is 0. The number of ether oxygens (including phenoxy) is 1. The molecule has 2 aromatic rings. The molecule has 5 rings (SSSR count). The molecule has 1 unspecified atom stereocenters. The Morgan fingerprint density at radius 3 is 2.47 bits per heavy atom. The number of nitrogens with zero attached hydrogens (tertiary/aromatic N) is 4. The van der Waals surface area contributed by atoms with Gasteiger partial charge >= 0.3 is 12.2 Å². The fourth-order valence-corrected chi connectivity index (χ4v) is 5.49. The van der Waals surface area contributed by atoms with Crippen LogP contribution in [0, 0.1) is 12.8 Å². The highest BCUT2D eigenvalue weighted by Gasteiger charge is 2.36. The Kier molecular flexibility index (Phi) is 7.67. The number of aryl methyl sites for hydroxylation is 1. The van der Waals surface area contributed by atoms with Gasteiger partial charge in [0.25, 0.3) is 0 Å². The van der Waals surface area contributed by atoms with E-state index in [4.69, 9.17) is 15.5 Å². The summed E-state index contributed by atoms with van der Waals surface area (Å²) in [6, 6.07) is 9.58. The van der Waals surface area contributed by atoms with Crippen LogP contribution in [0.15, 0.2) is 30.3 Å². The molecule has 2 amide bonds. The van der Waals surface area contributed by atoms with Crippen molar-refractivity contribution in [3.8, 4) is 11.1 Å². The van der Waals surface area contributed by atoms with Crippen molar-refractivity contribution in [2.45, 2.75) is 38.4 Å². The summed E-state index contributed by atoms with van der Waals surface area (Å²) < 4.78 is 43.9. The van der Waals surface area contributed by atoms with Crippen molar-refractivity contribution in [2.75, 3.05) is 67.6 Å². The van der Waals surface area contributed by atoms with E-state index < -0.39 is 18.5 Å². The SMILES string of the molecule is Cc1ccc(NC(=O)N2CCC(CC(F)(F)F)C2)cc1-c1cc(N2CCOCC2)nc(N2CC[C@H](N)C2)c1. The number of hydrogen-bond donors (Lipinski definition) is 2. The van der Waals surface area contributed by atoms with Gasteiger partial charge < -0.3 is 30.5 Å². The number of likely N-dealkylation sites (tertiary alicyclic amines) is 1. The highest BCUT2D eigenvalue weighted by atomic mass is 19.4. The zero-order valence-corrected chi connectivity index (χ0v) is 21.6. The molecule has 206 valence electrons. The Morgan fingerprint density at radius 2 is 1.79 bits per heavy atom. The van der Waals surface area contributed by atoms with Crippen LogP contribution in [0.4, 0.5) is 35.3 Å². The van der Waals surface area contributed by atoms with Crippen LogP contribution in [0.2, 0.25) is 0 Å². The van der Waals surface area contributed by atoms with E-state index >= 15 is 0 Å². The first-order valence-corrected chi connectivity index (χ1v) is 13.2. The lowest BCUT2D eigenvalue weighted by molar-refractivity contribution is -0.143. The third kappa shape index (κ3) is 6.32.